The van der Waals surface area contributed by atoms with Gasteiger partial charge in [-0.25, -0.2) is 12.7 Å². The van der Waals surface area contributed by atoms with Gasteiger partial charge in [0.1, 0.15) is 0 Å². The van der Waals surface area contributed by atoms with Crippen LogP contribution >= 0.6 is 11.6 Å². The summed E-state index contributed by atoms with van der Waals surface area (Å²) in [5.74, 6) is 0.468. The second-order valence-electron chi connectivity index (χ2n) is 4.40. The van der Waals surface area contributed by atoms with E-state index in [1.807, 2.05) is 0 Å². The van der Waals surface area contributed by atoms with Crippen LogP contribution in [0.5, 0.6) is 0 Å². The zero-order chi connectivity index (χ0) is 15.2. The van der Waals surface area contributed by atoms with Gasteiger partial charge < -0.3 is 0 Å². The molecule has 1 rings (SSSR count). The summed E-state index contributed by atoms with van der Waals surface area (Å²) in [6, 6.07) is 5.96. The second kappa shape index (κ2) is 7.56. The normalized spacial score (nSPS) is 11.8. The molecule has 0 aliphatic heterocycles. The van der Waals surface area contributed by atoms with Crippen LogP contribution in [-0.2, 0) is 16.6 Å². The SMILES string of the molecule is CN(Cc1cccc([N+](=O)[O-])c1)S(=O)(=O)CCCCCl. The topological polar surface area (TPSA) is 80.5 Å². The zero-order valence-corrected chi connectivity index (χ0v) is 12.7. The van der Waals surface area contributed by atoms with E-state index in [2.05, 4.69) is 0 Å². The molecular formula is C12H17ClN2O4S. The van der Waals surface area contributed by atoms with Gasteiger partial charge in [-0.15, -0.1) is 11.6 Å². The number of unbranched alkanes of at least 4 members (excludes halogenated alkanes) is 1. The Morgan fingerprint density at radius 1 is 1.35 bits per heavy atom. The number of rotatable bonds is 8. The van der Waals surface area contributed by atoms with Crippen molar-refractivity contribution >= 4 is 27.3 Å². The molecule has 0 N–H and O–H groups in total. The van der Waals surface area contributed by atoms with Gasteiger partial charge in [0.25, 0.3) is 5.69 Å². The first-order valence-electron chi connectivity index (χ1n) is 6.10. The highest BCUT2D eigenvalue weighted by Gasteiger charge is 2.18. The van der Waals surface area contributed by atoms with E-state index in [9.17, 15) is 18.5 Å². The lowest BCUT2D eigenvalue weighted by atomic mass is 10.2. The fraction of sp³-hybridized carbons (Fsp3) is 0.500. The molecule has 0 aromatic heterocycles. The van der Waals surface area contributed by atoms with Gasteiger partial charge in [-0.1, -0.05) is 12.1 Å². The molecule has 0 bridgehead atoms. The Bertz CT molecular complexity index is 562. The van der Waals surface area contributed by atoms with Crippen molar-refractivity contribution in [1.82, 2.24) is 4.31 Å². The van der Waals surface area contributed by atoms with Gasteiger partial charge in [0.2, 0.25) is 10.0 Å². The van der Waals surface area contributed by atoms with Crippen molar-refractivity contribution in [1.29, 1.82) is 0 Å². The van der Waals surface area contributed by atoms with Gasteiger partial charge in [-0.3, -0.25) is 10.1 Å². The predicted octanol–water partition coefficient (Wildman–Crippen LogP) is 2.38. The lowest BCUT2D eigenvalue weighted by Crippen LogP contribution is -2.28. The number of nitro groups is 1. The van der Waals surface area contributed by atoms with E-state index in [-0.39, 0.29) is 18.0 Å². The van der Waals surface area contributed by atoms with Crippen molar-refractivity contribution in [3.63, 3.8) is 0 Å². The van der Waals surface area contributed by atoms with E-state index in [0.717, 1.165) is 0 Å². The molecule has 0 aliphatic carbocycles. The summed E-state index contributed by atoms with van der Waals surface area (Å²) < 4.78 is 25.2. The van der Waals surface area contributed by atoms with Crippen molar-refractivity contribution in [2.24, 2.45) is 0 Å². The molecular weight excluding hydrogens is 304 g/mol. The van der Waals surface area contributed by atoms with Gasteiger partial charge in [-0.2, -0.15) is 0 Å². The molecule has 0 radical (unpaired) electrons. The van der Waals surface area contributed by atoms with Crippen LogP contribution in [0.1, 0.15) is 18.4 Å². The molecule has 6 nitrogen and oxygen atoms in total. The molecule has 0 saturated carbocycles. The molecule has 0 amide bonds. The minimum absolute atomic E-state index is 0.0329. The van der Waals surface area contributed by atoms with Crippen molar-refractivity contribution in [2.75, 3.05) is 18.7 Å². The number of hydrogen-bond acceptors (Lipinski definition) is 4. The fourth-order valence-corrected chi connectivity index (χ4v) is 3.07. The molecule has 0 unspecified atom stereocenters. The van der Waals surface area contributed by atoms with Gasteiger partial charge >= 0.3 is 0 Å². The number of nitrogens with zero attached hydrogens (tertiary/aromatic N) is 2. The summed E-state index contributed by atoms with van der Waals surface area (Å²) >= 11 is 5.51. The number of halogens is 1. The number of benzene rings is 1. The molecule has 0 spiro atoms. The number of non-ortho nitro benzene ring substituents is 1. The first kappa shape index (κ1) is 16.9. The van der Waals surface area contributed by atoms with E-state index < -0.39 is 14.9 Å². The Morgan fingerprint density at radius 3 is 2.65 bits per heavy atom. The smallest absolute Gasteiger partial charge is 0.258 e. The average molecular weight is 321 g/mol. The summed E-state index contributed by atoms with van der Waals surface area (Å²) in [5, 5.41) is 10.7. The summed E-state index contributed by atoms with van der Waals surface area (Å²) in [6.45, 7) is 0.116. The highest BCUT2D eigenvalue weighted by molar-refractivity contribution is 7.89. The minimum Gasteiger partial charge on any atom is -0.258 e. The number of alkyl halides is 1. The van der Waals surface area contributed by atoms with E-state index in [0.29, 0.717) is 24.3 Å². The van der Waals surface area contributed by atoms with Crippen LogP contribution in [0.4, 0.5) is 5.69 Å². The van der Waals surface area contributed by atoms with E-state index in [1.165, 1.54) is 23.5 Å². The quantitative estimate of drug-likeness (QED) is 0.319. The zero-order valence-electron chi connectivity index (χ0n) is 11.2. The molecule has 112 valence electrons. The van der Waals surface area contributed by atoms with Crippen LogP contribution in [0, 0.1) is 10.1 Å². The molecule has 0 fully saturated rings. The summed E-state index contributed by atoms with van der Waals surface area (Å²) in [7, 11) is -1.89. The van der Waals surface area contributed by atoms with Gasteiger partial charge in [0.05, 0.1) is 10.7 Å². The maximum Gasteiger partial charge on any atom is 0.269 e. The van der Waals surface area contributed by atoms with Crippen molar-refractivity contribution in [2.45, 2.75) is 19.4 Å². The standard InChI is InChI=1S/C12H17ClN2O4S/c1-14(20(18,19)8-3-2-7-13)10-11-5-4-6-12(9-11)15(16)17/h4-6,9H,2-3,7-8,10H2,1H3. The Labute approximate surface area is 123 Å². The van der Waals surface area contributed by atoms with E-state index in [1.54, 1.807) is 12.1 Å². The second-order valence-corrected chi connectivity index (χ2v) is 6.97. The minimum atomic E-state index is -3.36. The third-order valence-electron chi connectivity index (χ3n) is 2.79. The van der Waals surface area contributed by atoms with Crippen molar-refractivity contribution in [3.05, 3.63) is 39.9 Å². The van der Waals surface area contributed by atoms with E-state index >= 15 is 0 Å². The Hall–Kier alpha value is -1.18. The lowest BCUT2D eigenvalue weighted by molar-refractivity contribution is -0.384. The number of sulfonamides is 1. The van der Waals surface area contributed by atoms with Crippen LogP contribution in [0.25, 0.3) is 0 Å². The summed E-state index contributed by atoms with van der Waals surface area (Å²) in [4.78, 5) is 10.2. The Kier molecular flexibility index (Phi) is 6.38. The van der Waals surface area contributed by atoms with Crippen LogP contribution < -0.4 is 0 Å². The highest BCUT2D eigenvalue weighted by atomic mass is 35.5. The van der Waals surface area contributed by atoms with Crippen molar-refractivity contribution in [3.8, 4) is 0 Å². The molecule has 0 heterocycles. The maximum atomic E-state index is 12.0. The van der Waals surface area contributed by atoms with Gasteiger partial charge in [-0.05, 0) is 18.4 Å². The van der Waals surface area contributed by atoms with Crippen LogP contribution in [-0.4, -0.2) is 36.3 Å². The predicted molar refractivity (Wildman–Crippen MR) is 78.3 cm³/mol. The number of nitro benzene ring substituents is 1. The van der Waals surface area contributed by atoms with E-state index in [4.69, 9.17) is 11.6 Å². The van der Waals surface area contributed by atoms with Crippen molar-refractivity contribution < 1.29 is 13.3 Å². The first-order valence-corrected chi connectivity index (χ1v) is 8.24. The number of hydrogen-bond donors (Lipinski definition) is 0. The molecule has 1 aromatic carbocycles. The maximum absolute atomic E-state index is 12.0. The third kappa shape index (κ3) is 5.07. The molecule has 0 aliphatic rings. The molecule has 8 heteroatoms. The van der Waals surface area contributed by atoms with Gasteiger partial charge in [0.15, 0.2) is 0 Å². The molecule has 0 saturated heterocycles. The Morgan fingerprint density at radius 2 is 2.05 bits per heavy atom. The Balaban J connectivity index is 2.72. The molecule has 0 atom stereocenters. The summed E-state index contributed by atoms with van der Waals surface area (Å²) in [6.07, 6.45) is 1.15. The lowest BCUT2D eigenvalue weighted by Gasteiger charge is -2.17. The molecule has 1 aromatic rings. The molecule has 20 heavy (non-hydrogen) atoms. The third-order valence-corrected chi connectivity index (χ3v) is 4.94. The monoisotopic (exact) mass is 320 g/mol. The largest absolute Gasteiger partial charge is 0.269 e. The van der Waals surface area contributed by atoms with Gasteiger partial charge in [0, 0.05) is 31.6 Å². The van der Waals surface area contributed by atoms with Crippen LogP contribution in [0.3, 0.4) is 0 Å². The van der Waals surface area contributed by atoms with Crippen LogP contribution in [0.2, 0.25) is 0 Å². The average Bonchev–Trinajstić information content (AvgIpc) is 2.39. The first-order chi connectivity index (χ1) is 9.36. The highest BCUT2D eigenvalue weighted by Crippen LogP contribution is 2.16. The fourth-order valence-electron chi connectivity index (χ4n) is 1.66. The van der Waals surface area contributed by atoms with Crippen LogP contribution in [0.15, 0.2) is 24.3 Å². The summed E-state index contributed by atoms with van der Waals surface area (Å²) in [5.41, 5.74) is 0.540.